The first kappa shape index (κ1) is 17.1. The molecule has 0 spiro atoms. The number of halogens is 1. The van der Waals surface area contributed by atoms with Gasteiger partial charge in [-0.2, -0.15) is 0 Å². The maximum atomic E-state index is 14.3. The molecule has 0 amide bonds. The summed E-state index contributed by atoms with van der Waals surface area (Å²) in [7, 11) is 0. The minimum Gasteiger partial charge on any atom is -0.359 e. The molecule has 0 fully saturated rings. The summed E-state index contributed by atoms with van der Waals surface area (Å²) in [5.74, 6) is 0.666. The van der Waals surface area contributed by atoms with Gasteiger partial charge in [0.2, 0.25) is 0 Å². The predicted octanol–water partition coefficient (Wildman–Crippen LogP) is 3.83. The number of hydrogen-bond acceptors (Lipinski definition) is 5. The van der Waals surface area contributed by atoms with E-state index in [4.69, 9.17) is 11.1 Å². The second-order valence-electron chi connectivity index (χ2n) is 6.56. The fourth-order valence-electron chi connectivity index (χ4n) is 3.14. The van der Waals surface area contributed by atoms with E-state index >= 15 is 0 Å². The predicted molar refractivity (Wildman–Crippen MR) is 105 cm³/mol. The second-order valence-corrected chi connectivity index (χ2v) is 6.56. The van der Waals surface area contributed by atoms with Gasteiger partial charge in [0, 0.05) is 41.6 Å². The van der Waals surface area contributed by atoms with E-state index in [1.54, 1.807) is 18.3 Å². The van der Waals surface area contributed by atoms with Crippen molar-refractivity contribution in [2.24, 2.45) is 5.73 Å². The SMILES string of the molecule is Cc1cc2ccc(-c3nccc(NC4=C(F)CC(N)C(C=N)=C4)n3)cc2[nH]1. The number of nitrogens with two attached hydrogens (primary N) is 1. The molecule has 4 rings (SSSR count). The van der Waals surface area contributed by atoms with Gasteiger partial charge in [0.25, 0.3) is 0 Å². The van der Waals surface area contributed by atoms with E-state index in [9.17, 15) is 4.39 Å². The lowest BCUT2D eigenvalue weighted by atomic mass is 9.98. The summed E-state index contributed by atoms with van der Waals surface area (Å²) in [4.78, 5) is 12.1. The number of H-pyrrole nitrogens is 1. The molecule has 0 saturated heterocycles. The van der Waals surface area contributed by atoms with Gasteiger partial charge < -0.3 is 21.4 Å². The van der Waals surface area contributed by atoms with Crippen LogP contribution in [-0.4, -0.2) is 27.2 Å². The van der Waals surface area contributed by atoms with Crippen molar-refractivity contribution in [2.45, 2.75) is 19.4 Å². The molecular formula is C20H19FN6. The van der Waals surface area contributed by atoms with Gasteiger partial charge in [-0.15, -0.1) is 0 Å². The van der Waals surface area contributed by atoms with Gasteiger partial charge in [-0.05, 0) is 42.2 Å². The monoisotopic (exact) mass is 362 g/mol. The Morgan fingerprint density at radius 2 is 2.19 bits per heavy atom. The molecule has 1 aliphatic rings. The van der Waals surface area contributed by atoms with Gasteiger partial charge in [-0.3, -0.25) is 0 Å². The standard InChI is InChI=1S/C20H19FN6/c1-11-6-12-2-3-13(7-17(12)25-11)20-24-5-4-19(27-20)26-18-8-14(10-22)16(23)9-15(18)21/h2-8,10,16,22,25H,9,23H2,1H3,(H,24,26,27). The molecule has 0 saturated carbocycles. The zero-order chi connectivity index (χ0) is 19.0. The van der Waals surface area contributed by atoms with Crippen molar-refractivity contribution in [3.8, 4) is 11.4 Å². The quantitative estimate of drug-likeness (QED) is 0.530. The van der Waals surface area contributed by atoms with Crippen LogP contribution in [0.2, 0.25) is 0 Å². The van der Waals surface area contributed by atoms with E-state index in [1.807, 2.05) is 25.1 Å². The van der Waals surface area contributed by atoms with Crippen molar-refractivity contribution in [1.82, 2.24) is 15.0 Å². The van der Waals surface area contributed by atoms with Gasteiger partial charge >= 0.3 is 0 Å². The lowest BCUT2D eigenvalue weighted by Gasteiger charge is -2.20. The normalized spacial score (nSPS) is 17.1. The van der Waals surface area contributed by atoms with Crippen LogP contribution in [0, 0.1) is 12.3 Å². The topological polar surface area (TPSA) is 103 Å². The Labute approximate surface area is 155 Å². The first-order valence-corrected chi connectivity index (χ1v) is 8.59. The molecule has 2 aromatic heterocycles. The Morgan fingerprint density at radius 3 is 3.00 bits per heavy atom. The summed E-state index contributed by atoms with van der Waals surface area (Å²) in [6, 6.07) is 9.23. The van der Waals surface area contributed by atoms with E-state index < -0.39 is 6.04 Å². The highest BCUT2D eigenvalue weighted by Crippen LogP contribution is 2.26. The van der Waals surface area contributed by atoms with Gasteiger partial charge in [0.15, 0.2) is 5.82 Å². The van der Waals surface area contributed by atoms with Gasteiger partial charge in [0.05, 0.1) is 5.70 Å². The minimum atomic E-state index is -0.495. The van der Waals surface area contributed by atoms with Gasteiger partial charge in [-0.1, -0.05) is 12.1 Å². The van der Waals surface area contributed by atoms with Crippen molar-refractivity contribution in [3.63, 3.8) is 0 Å². The average molecular weight is 362 g/mol. The lowest BCUT2D eigenvalue weighted by molar-refractivity contribution is 0.550. The molecule has 1 unspecified atom stereocenters. The number of benzene rings is 1. The first-order chi connectivity index (χ1) is 13.0. The van der Waals surface area contributed by atoms with E-state index in [0.717, 1.165) is 28.4 Å². The number of aromatic nitrogens is 3. The maximum Gasteiger partial charge on any atom is 0.161 e. The molecule has 5 N–H and O–H groups in total. The summed E-state index contributed by atoms with van der Waals surface area (Å²) in [5.41, 5.74) is 9.64. The molecule has 136 valence electrons. The van der Waals surface area contributed by atoms with E-state index in [0.29, 0.717) is 17.2 Å². The molecule has 0 radical (unpaired) electrons. The number of aryl methyl sites for hydroxylation is 1. The van der Waals surface area contributed by atoms with Crippen LogP contribution >= 0.6 is 0 Å². The van der Waals surface area contributed by atoms with Crippen molar-refractivity contribution in [3.05, 3.63) is 65.4 Å². The largest absolute Gasteiger partial charge is 0.359 e. The summed E-state index contributed by atoms with van der Waals surface area (Å²) in [6.45, 7) is 2.01. The van der Waals surface area contributed by atoms with Crippen LogP contribution in [0.3, 0.4) is 0 Å². The summed E-state index contributed by atoms with van der Waals surface area (Å²) >= 11 is 0. The summed E-state index contributed by atoms with van der Waals surface area (Å²) in [6.07, 6.45) is 4.39. The lowest BCUT2D eigenvalue weighted by Crippen LogP contribution is -2.27. The van der Waals surface area contributed by atoms with Crippen molar-refractivity contribution in [2.75, 3.05) is 5.32 Å². The highest BCUT2D eigenvalue weighted by Gasteiger charge is 2.20. The van der Waals surface area contributed by atoms with E-state index in [-0.39, 0.29) is 17.9 Å². The Bertz CT molecular complexity index is 1090. The third kappa shape index (κ3) is 3.37. The highest BCUT2D eigenvalue weighted by molar-refractivity contribution is 5.84. The number of allylic oxidation sites excluding steroid dienone is 1. The first-order valence-electron chi connectivity index (χ1n) is 8.59. The molecule has 0 bridgehead atoms. The van der Waals surface area contributed by atoms with Crippen LogP contribution in [0.25, 0.3) is 22.3 Å². The maximum absolute atomic E-state index is 14.3. The molecule has 2 heterocycles. The molecule has 7 heteroatoms. The molecule has 27 heavy (non-hydrogen) atoms. The minimum absolute atomic E-state index is 0.0599. The van der Waals surface area contributed by atoms with Crippen molar-refractivity contribution >= 4 is 22.9 Å². The van der Waals surface area contributed by atoms with Crippen molar-refractivity contribution in [1.29, 1.82) is 5.41 Å². The third-order valence-electron chi connectivity index (χ3n) is 4.53. The molecule has 1 aromatic carbocycles. The smallest absolute Gasteiger partial charge is 0.161 e. The number of hydrogen-bond donors (Lipinski definition) is 4. The molecule has 1 atom stereocenters. The van der Waals surface area contributed by atoms with E-state index in [1.165, 1.54) is 0 Å². The molecular weight excluding hydrogens is 343 g/mol. The number of nitrogens with zero attached hydrogens (tertiary/aromatic N) is 2. The summed E-state index contributed by atoms with van der Waals surface area (Å²) in [5, 5.41) is 11.5. The summed E-state index contributed by atoms with van der Waals surface area (Å²) < 4.78 is 14.3. The van der Waals surface area contributed by atoms with Crippen LogP contribution in [0.4, 0.5) is 10.2 Å². The zero-order valence-electron chi connectivity index (χ0n) is 14.8. The van der Waals surface area contributed by atoms with E-state index in [2.05, 4.69) is 26.3 Å². The van der Waals surface area contributed by atoms with Gasteiger partial charge in [0.1, 0.15) is 11.6 Å². The fourth-order valence-corrected chi connectivity index (χ4v) is 3.14. The Morgan fingerprint density at radius 1 is 1.33 bits per heavy atom. The highest BCUT2D eigenvalue weighted by atomic mass is 19.1. The number of aromatic amines is 1. The number of nitrogens with one attached hydrogen (secondary N) is 3. The number of fused-ring (bicyclic) bond motifs is 1. The van der Waals surface area contributed by atoms with Crippen LogP contribution in [0.1, 0.15) is 12.1 Å². The Balaban J connectivity index is 1.65. The van der Waals surface area contributed by atoms with Gasteiger partial charge in [-0.25, -0.2) is 14.4 Å². The molecule has 0 aliphatic heterocycles. The average Bonchev–Trinajstić information content (AvgIpc) is 3.03. The molecule has 1 aliphatic carbocycles. The van der Waals surface area contributed by atoms with Crippen molar-refractivity contribution < 1.29 is 4.39 Å². The fraction of sp³-hybridized carbons (Fsp3) is 0.150. The van der Waals surface area contributed by atoms with Crippen LogP contribution in [0.15, 0.2) is 59.7 Å². The second kappa shape index (κ2) is 6.77. The van der Waals surface area contributed by atoms with Crippen LogP contribution in [-0.2, 0) is 0 Å². The number of rotatable bonds is 4. The number of anilines is 1. The molecule has 6 nitrogen and oxygen atoms in total. The Hall–Kier alpha value is -3.32. The van der Waals surface area contributed by atoms with Crippen LogP contribution < -0.4 is 11.1 Å². The van der Waals surface area contributed by atoms with Crippen LogP contribution in [0.5, 0.6) is 0 Å². The molecule has 3 aromatic rings. The third-order valence-corrected chi connectivity index (χ3v) is 4.53. The zero-order valence-corrected chi connectivity index (χ0v) is 14.8. The Kier molecular flexibility index (Phi) is 4.29.